The lowest BCUT2D eigenvalue weighted by Gasteiger charge is -2.26. The zero-order valence-electron chi connectivity index (χ0n) is 12.2. The number of nitrogens with one attached hydrogen (secondary N) is 1. The van der Waals surface area contributed by atoms with Gasteiger partial charge in [0.15, 0.2) is 5.69 Å². The van der Waals surface area contributed by atoms with Gasteiger partial charge in [-0.1, -0.05) is 0 Å². The van der Waals surface area contributed by atoms with Gasteiger partial charge in [0.05, 0.1) is 12.7 Å². The van der Waals surface area contributed by atoms with E-state index in [9.17, 15) is 9.90 Å². The molecule has 7 nitrogen and oxygen atoms in total. The fourth-order valence-electron chi connectivity index (χ4n) is 2.23. The van der Waals surface area contributed by atoms with Crippen LogP contribution in [0, 0.1) is 0 Å². The molecule has 0 saturated heterocycles. The monoisotopic (exact) mass is 303 g/mol. The SMILES string of the molecule is CCOC(=O)c1n[nH]nc1-c1ccc(OC2CCC2)cc1O. The molecule has 1 heterocycles. The first kappa shape index (κ1) is 14.4. The number of phenols is 1. The van der Waals surface area contributed by atoms with E-state index in [4.69, 9.17) is 9.47 Å². The largest absolute Gasteiger partial charge is 0.507 e. The van der Waals surface area contributed by atoms with Crippen molar-refractivity contribution in [1.29, 1.82) is 0 Å². The molecule has 0 bridgehead atoms. The van der Waals surface area contributed by atoms with Crippen molar-refractivity contribution < 1.29 is 19.4 Å². The number of aromatic amines is 1. The first-order chi connectivity index (χ1) is 10.7. The van der Waals surface area contributed by atoms with Crippen molar-refractivity contribution in [3.8, 4) is 22.8 Å². The molecule has 1 fully saturated rings. The quantitative estimate of drug-likeness (QED) is 0.822. The molecule has 1 saturated carbocycles. The van der Waals surface area contributed by atoms with Crippen molar-refractivity contribution in [2.45, 2.75) is 32.3 Å². The third-order valence-electron chi connectivity index (χ3n) is 3.60. The number of H-pyrrole nitrogens is 1. The second-order valence-electron chi connectivity index (χ2n) is 5.09. The van der Waals surface area contributed by atoms with Crippen molar-refractivity contribution >= 4 is 5.97 Å². The molecule has 0 aliphatic heterocycles. The summed E-state index contributed by atoms with van der Waals surface area (Å²) < 4.78 is 10.6. The molecule has 116 valence electrons. The van der Waals surface area contributed by atoms with E-state index in [0.717, 1.165) is 12.8 Å². The Morgan fingerprint density at radius 3 is 2.86 bits per heavy atom. The number of hydrogen-bond donors (Lipinski definition) is 2. The first-order valence-corrected chi connectivity index (χ1v) is 7.27. The van der Waals surface area contributed by atoms with Crippen molar-refractivity contribution in [1.82, 2.24) is 15.4 Å². The van der Waals surface area contributed by atoms with Crippen LogP contribution in [0.3, 0.4) is 0 Å². The second kappa shape index (κ2) is 6.05. The summed E-state index contributed by atoms with van der Waals surface area (Å²) in [7, 11) is 0. The van der Waals surface area contributed by atoms with Crippen LogP contribution in [0.4, 0.5) is 0 Å². The van der Waals surface area contributed by atoms with Gasteiger partial charge in [0.25, 0.3) is 0 Å². The number of hydrogen-bond acceptors (Lipinski definition) is 6. The predicted molar refractivity (Wildman–Crippen MR) is 77.7 cm³/mol. The van der Waals surface area contributed by atoms with E-state index >= 15 is 0 Å². The van der Waals surface area contributed by atoms with Gasteiger partial charge in [-0.25, -0.2) is 4.79 Å². The molecule has 0 spiro atoms. The summed E-state index contributed by atoms with van der Waals surface area (Å²) in [6.07, 6.45) is 3.49. The minimum absolute atomic E-state index is 0.0173. The summed E-state index contributed by atoms with van der Waals surface area (Å²) in [5.41, 5.74) is 0.703. The minimum Gasteiger partial charge on any atom is -0.507 e. The fourth-order valence-corrected chi connectivity index (χ4v) is 2.23. The van der Waals surface area contributed by atoms with Crippen LogP contribution in [0.15, 0.2) is 18.2 Å². The van der Waals surface area contributed by atoms with Crippen LogP contribution in [-0.2, 0) is 4.74 Å². The maximum Gasteiger partial charge on any atom is 0.361 e. The highest BCUT2D eigenvalue weighted by atomic mass is 16.5. The molecule has 1 aliphatic rings. The molecule has 0 unspecified atom stereocenters. The summed E-state index contributed by atoms with van der Waals surface area (Å²) in [6, 6.07) is 4.93. The summed E-state index contributed by atoms with van der Waals surface area (Å²) in [4.78, 5) is 11.8. The van der Waals surface area contributed by atoms with Gasteiger partial charge in [0, 0.05) is 11.6 Å². The van der Waals surface area contributed by atoms with Crippen LogP contribution in [0.5, 0.6) is 11.5 Å². The topological polar surface area (TPSA) is 97.3 Å². The molecule has 1 aliphatic carbocycles. The molecule has 22 heavy (non-hydrogen) atoms. The van der Waals surface area contributed by atoms with E-state index in [-0.39, 0.29) is 29.8 Å². The zero-order chi connectivity index (χ0) is 15.5. The van der Waals surface area contributed by atoms with Crippen molar-refractivity contribution in [2.75, 3.05) is 6.61 Å². The average Bonchev–Trinajstić information content (AvgIpc) is 2.92. The Balaban J connectivity index is 1.85. The average molecular weight is 303 g/mol. The maximum absolute atomic E-state index is 11.8. The smallest absolute Gasteiger partial charge is 0.361 e. The number of esters is 1. The van der Waals surface area contributed by atoms with E-state index < -0.39 is 5.97 Å². The van der Waals surface area contributed by atoms with Crippen LogP contribution in [-0.4, -0.2) is 39.2 Å². The Bertz CT molecular complexity index is 679. The number of benzene rings is 1. The van der Waals surface area contributed by atoms with Gasteiger partial charge in [-0.15, -0.1) is 5.10 Å². The number of carbonyl (C=O) groups is 1. The van der Waals surface area contributed by atoms with Gasteiger partial charge in [-0.2, -0.15) is 10.3 Å². The van der Waals surface area contributed by atoms with E-state index in [0.29, 0.717) is 11.3 Å². The Morgan fingerprint density at radius 2 is 2.23 bits per heavy atom. The van der Waals surface area contributed by atoms with E-state index in [1.54, 1.807) is 19.1 Å². The number of nitrogens with zero attached hydrogens (tertiary/aromatic N) is 2. The molecule has 3 rings (SSSR count). The van der Waals surface area contributed by atoms with Crippen LogP contribution in [0.1, 0.15) is 36.7 Å². The number of aromatic nitrogens is 3. The maximum atomic E-state index is 11.8. The van der Waals surface area contributed by atoms with E-state index in [2.05, 4.69) is 15.4 Å². The Labute approximate surface area is 127 Å². The highest BCUT2D eigenvalue weighted by Crippen LogP contribution is 2.34. The van der Waals surface area contributed by atoms with Gasteiger partial charge in [-0.3, -0.25) is 0 Å². The molecular weight excluding hydrogens is 286 g/mol. The fraction of sp³-hybridized carbons (Fsp3) is 0.400. The lowest BCUT2D eigenvalue weighted by Crippen LogP contribution is -2.24. The van der Waals surface area contributed by atoms with E-state index in [1.165, 1.54) is 12.5 Å². The highest BCUT2D eigenvalue weighted by molar-refractivity contribution is 5.94. The summed E-state index contributed by atoms with van der Waals surface area (Å²) in [5, 5.41) is 20.3. The number of aromatic hydroxyl groups is 1. The van der Waals surface area contributed by atoms with E-state index in [1.807, 2.05) is 0 Å². The van der Waals surface area contributed by atoms with Crippen molar-refractivity contribution in [3.05, 3.63) is 23.9 Å². The van der Waals surface area contributed by atoms with Gasteiger partial charge < -0.3 is 14.6 Å². The highest BCUT2D eigenvalue weighted by Gasteiger charge is 2.23. The Hall–Kier alpha value is -2.57. The summed E-state index contributed by atoms with van der Waals surface area (Å²) >= 11 is 0. The summed E-state index contributed by atoms with van der Waals surface area (Å²) in [6.45, 7) is 1.95. The molecule has 7 heteroatoms. The Morgan fingerprint density at radius 1 is 1.41 bits per heavy atom. The van der Waals surface area contributed by atoms with Crippen LogP contribution < -0.4 is 4.74 Å². The third kappa shape index (κ3) is 2.74. The van der Waals surface area contributed by atoms with Crippen LogP contribution in [0.2, 0.25) is 0 Å². The molecular formula is C15H17N3O4. The molecule has 2 aromatic rings. The number of rotatable bonds is 5. The Kier molecular flexibility index (Phi) is 3.95. The standard InChI is InChI=1S/C15H17N3O4/c1-2-21-15(20)14-13(16-18-17-14)11-7-6-10(8-12(11)19)22-9-4-3-5-9/h6-9,19H,2-5H2,1H3,(H,16,17,18). The van der Waals surface area contributed by atoms with Crippen molar-refractivity contribution in [2.24, 2.45) is 0 Å². The normalized spacial score (nSPS) is 14.4. The van der Waals surface area contributed by atoms with Crippen LogP contribution >= 0.6 is 0 Å². The second-order valence-corrected chi connectivity index (χ2v) is 5.09. The molecule has 0 radical (unpaired) electrons. The lowest BCUT2D eigenvalue weighted by atomic mass is 9.96. The van der Waals surface area contributed by atoms with Crippen LogP contribution in [0.25, 0.3) is 11.3 Å². The number of phenolic OH excluding ortho intramolecular Hbond substituents is 1. The van der Waals surface area contributed by atoms with Gasteiger partial charge >= 0.3 is 5.97 Å². The van der Waals surface area contributed by atoms with Gasteiger partial charge in [0.1, 0.15) is 17.2 Å². The summed E-state index contributed by atoms with van der Waals surface area (Å²) in [5.74, 6) is 0.00356. The molecule has 0 atom stereocenters. The number of ether oxygens (including phenoxy) is 2. The van der Waals surface area contributed by atoms with Gasteiger partial charge in [0.2, 0.25) is 0 Å². The lowest BCUT2D eigenvalue weighted by molar-refractivity contribution is 0.0520. The molecule has 0 amide bonds. The first-order valence-electron chi connectivity index (χ1n) is 7.27. The molecule has 1 aromatic heterocycles. The molecule has 2 N–H and O–H groups in total. The molecule has 1 aromatic carbocycles. The predicted octanol–water partition coefficient (Wildman–Crippen LogP) is 2.29. The van der Waals surface area contributed by atoms with Crippen molar-refractivity contribution in [3.63, 3.8) is 0 Å². The minimum atomic E-state index is -0.583. The van der Waals surface area contributed by atoms with Gasteiger partial charge in [-0.05, 0) is 38.3 Å². The zero-order valence-corrected chi connectivity index (χ0v) is 12.2. The third-order valence-corrected chi connectivity index (χ3v) is 3.60. The number of carbonyl (C=O) groups excluding carboxylic acids is 1.